The normalized spacial score (nSPS) is 33.6. The van der Waals surface area contributed by atoms with Crippen molar-refractivity contribution in [1.29, 1.82) is 0 Å². The average Bonchev–Trinajstić information content (AvgIpc) is 3.02. The first-order valence-electron chi connectivity index (χ1n) is 6.69. The number of hydrogen-bond acceptors (Lipinski definition) is 2. The molecule has 1 N–H and O–H groups in total. The van der Waals surface area contributed by atoms with Crippen molar-refractivity contribution < 1.29 is 9.84 Å². The highest BCUT2D eigenvalue weighted by Gasteiger charge is 2.43. The topological polar surface area (TPSA) is 29.5 Å². The molecule has 1 aromatic rings. The van der Waals surface area contributed by atoms with Gasteiger partial charge in [0.25, 0.3) is 0 Å². The number of hydrogen-bond donors (Lipinski definition) is 1. The molecule has 4 unspecified atom stereocenters. The Labute approximate surface area is 103 Å². The second kappa shape index (κ2) is 4.79. The van der Waals surface area contributed by atoms with Gasteiger partial charge >= 0.3 is 0 Å². The molecule has 1 saturated carbocycles. The van der Waals surface area contributed by atoms with Crippen molar-refractivity contribution in [2.45, 2.75) is 43.8 Å². The smallest absolute Gasteiger partial charge is 0.0600 e. The molecule has 3 rings (SSSR count). The van der Waals surface area contributed by atoms with Crippen LogP contribution in [-0.2, 0) is 4.74 Å². The number of benzene rings is 1. The summed E-state index contributed by atoms with van der Waals surface area (Å²) in [5.74, 6) is 1.04. The Morgan fingerprint density at radius 2 is 2.12 bits per heavy atom. The minimum Gasteiger partial charge on any atom is -0.393 e. The summed E-state index contributed by atoms with van der Waals surface area (Å²) in [5, 5.41) is 10.2. The molecule has 2 heteroatoms. The van der Waals surface area contributed by atoms with Crippen LogP contribution in [0, 0.1) is 5.92 Å². The second-order valence-electron chi connectivity index (χ2n) is 5.35. The van der Waals surface area contributed by atoms with Gasteiger partial charge in [-0.15, -0.1) is 0 Å². The van der Waals surface area contributed by atoms with Crippen molar-refractivity contribution in [2.24, 2.45) is 5.92 Å². The lowest BCUT2D eigenvalue weighted by Gasteiger charge is -2.15. The van der Waals surface area contributed by atoms with E-state index < -0.39 is 0 Å². The number of aliphatic hydroxyl groups excluding tert-OH is 1. The first-order chi connectivity index (χ1) is 8.34. The Bertz CT molecular complexity index is 356. The van der Waals surface area contributed by atoms with Crippen LogP contribution in [-0.4, -0.2) is 23.9 Å². The van der Waals surface area contributed by atoms with Gasteiger partial charge in [0.15, 0.2) is 0 Å². The van der Waals surface area contributed by atoms with Crippen LogP contribution in [0.25, 0.3) is 0 Å². The third-order valence-corrected chi connectivity index (χ3v) is 4.09. The Morgan fingerprint density at radius 3 is 2.82 bits per heavy atom. The summed E-state index contributed by atoms with van der Waals surface area (Å²) >= 11 is 0. The standard InChI is InChI=1S/C15H20O2/c16-15(9-12-7-4-8-17-12)14-10-13(14)11-5-2-1-3-6-11/h1-3,5-6,12-16H,4,7-10H2. The highest BCUT2D eigenvalue weighted by Crippen LogP contribution is 2.50. The first-order valence-corrected chi connectivity index (χ1v) is 6.69. The molecule has 2 fully saturated rings. The summed E-state index contributed by atoms with van der Waals surface area (Å²) in [5.41, 5.74) is 1.38. The average molecular weight is 232 g/mol. The number of aliphatic hydroxyl groups is 1. The molecule has 0 amide bonds. The van der Waals surface area contributed by atoms with E-state index in [4.69, 9.17) is 4.74 Å². The molecule has 0 aromatic heterocycles. The van der Waals surface area contributed by atoms with E-state index in [1.165, 1.54) is 5.56 Å². The van der Waals surface area contributed by atoms with Gasteiger partial charge in [0.2, 0.25) is 0 Å². The van der Waals surface area contributed by atoms with Crippen molar-refractivity contribution in [2.75, 3.05) is 6.61 Å². The minimum absolute atomic E-state index is 0.177. The van der Waals surface area contributed by atoms with Gasteiger partial charge in [-0.25, -0.2) is 0 Å². The number of rotatable bonds is 4. The third-order valence-electron chi connectivity index (χ3n) is 4.09. The zero-order valence-corrected chi connectivity index (χ0v) is 10.1. The summed E-state index contributed by atoms with van der Waals surface area (Å²) in [7, 11) is 0. The van der Waals surface area contributed by atoms with E-state index in [9.17, 15) is 5.11 Å². The highest BCUT2D eigenvalue weighted by atomic mass is 16.5. The van der Waals surface area contributed by atoms with Crippen LogP contribution in [0.15, 0.2) is 30.3 Å². The Morgan fingerprint density at radius 1 is 1.29 bits per heavy atom. The van der Waals surface area contributed by atoms with E-state index in [0.717, 1.165) is 32.3 Å². The van der Waals surface area contributed by atoms with Gasteiger partial charge in [0, 0.05) is 6.61 Å². The van der Waals surface area contributed by atoms with Crippen molar-refractivity contribution in [3.63, 3.8) is 0 Å². The maximum absolute atomic E-state index is 10.2. The largest absolute Gasteiger partial charge is 0.393 e. The van der Waals surface area contributed by atoms with E-state index in [1.807, 2.05) is 6.07 Å². The molecule has 0 bridgehead atoms. The maximum atomic E-state index is 10.2. The quantitative estimate of drug-likeness (QED) is 0.865. The predicted molar refractivity (Wildman–Crippen MR) is 66.9 cm³/mol. The Kier molecular flexibility index (Phi) is 3.17. The molecule has 1 aliphatic heterocycles. The van der Waals surface area contributed by atoms with Crippen LogP contribution in [0.5, 0.6) is 0 Å². The predicted octanol–water partition coefficient (Wildman–Crippen LogP) is 2.72. The Hall–Kier alpha value is -0.860. The summed E-state index contributed by atoms with van der Waals surface area (Å²) in [6, 6.07) is 10.5. The molecular formula is C15H20O2. The molecule has 2 aliphatic rings. The lowest BCUT2D eigenvalue weighted by Crippen LogP contribution is -2.19. The minimum atomic E-state index is -0.177. The summed E-state index contributed by atoms with van der Waals surface area (Å²) < 4.78 is 5.58. The SMILES string of the molecule is OC(CC1CCCO1)C1CC1c1ccccc1. The van der Waals surface area contributed by atoms with E-state index in [0.29, 0.717) is 17.9 Å². The molecule has 1 aromatic carbocycles. The fourth-order valence-corrected chi connectivity index (χ4v) is 3.00. The van der Waals surface area contributed by atoms with Crippen LogP contribution in [0.4, 0.5) is 0 Å². The highest BCUT2D eigenvalue weighted by molar-refractivity contribution is 5.26. The van der Waals surface area contributed by atoms with E-state index in [-0.39, 0.29) is 6.10 Å². The molecular weight excluding hydrogens is 212 g/mol. The molecule has 0 radical (unpaired) electrons. The fourth-order valence-electron chi connectivity index (χ4n) is 3.00. The second-order valence-corrected chi connectivity index (χ2v) is 5.35. The monoisotopic (exact) mass is 232 g/mol. The molecule has 92 valence electrons. The molecule has 0 spiro atoms. The van der Waals surface area contributed by atoms with Crippen molar-refractivity contribution in [3.05, 3.63) is 35.9 Å². The third kappa shape index (κ3) is 2.53. The van der Waals surface area contributed by atoms with Crippen molar-refractivity contribution in [1.82, 2.24) is 0 Å². The summed E-state index contributed by atoms with van der Waals surface area (Å²) in [4.78, 5) is 0. The lowest BCUT2D eigenvalue weighted by atomic mass is 10.0. The van der Waals surface area contributed by atoms with Crippen LogP contribution >= 0.6 is 0 Å². The van der Waals surface area contributed by atoms with Crippen LogP contribution < -0.4 is 0 Å². The van der Waals surface area contributed by atoms with Crippen molar-refractivity contribution >= 4 is 0 Å². The van der Waals surface area contributed by atoms with Crippen LogP contribution in [0.3, 0.4) is 0 Å². The van der Waals surface area contributed by atoms with Gasteiger partial charge in [-0.05, 0) is 43.1 Å². The van der Waals surface area contributed by atoms with Gasteiger partial charge in [-0.2, -0.15) is 0 Å². The molecule has 1 saturated heterocycles. The lowest BCUT2D eigenvalue weighted by molar-refractivity contribution is 0.0443. The molecule has 17 heavy (non-hydrogen) atoms. The molecule has 4 atom stereocenters. The van der Waals surface area contributed by atoms with Gasteiger partial charge in [-0.1, -0.05) is 30.3 Å². The zero-order chi connectivity index (χ0) is 11.7. The Balaban J connectivity index is 1.53. The first kappa shape index (κ1) is 11.2. The summed E-state index contributed by atoms with van der Waals surface area (Å²) in [6.45, 7) is 0.879. The van der Waals surface area contributed by atoms with E-state index in [2.05, 4.69) is 24.3 Å². The maximum Gasteiger partial charge on any atom is 0.0600 e. The fraction of sp³-hybridized carbons (Fsp3) is 0.600. The van der Waals surface area contributed by atoms with Gasteiger partial charge in [-0.3, -0.25) is 0 Å². The molecule has 2 nitrogen and oxygen atoms in total. The van der Waals surface area contributed by atoms with Gasteiger partial charge < -0.3 is 9.84 Å². The van der Waals surface area contributed by atoms with Gasteiger partial charge in [0.05, 0.1) is 12.2 Å². The number of ether oxygens (including phenoxy) is 1. The zero-order valence-electron chi connectivity index (χ0n) is 10.1. The van der Waals surface area contributed by atoms with Crippen molar-refractivity contribution in [3.8, 4) is 0 Å². The van der Waals surface area contributed by atoms with E-state index >= 15 is 0 Å². The van der Waals surface area contributed by atoms with E-state index in [1.54, 1.807) is 0 Å². The van der Waals surface area contributed by atoms with Crippen LogP contribution in [0.2, 0.25) is 0 Å². The molecule has 1 aliphatic carbocycles. The van der Waals surface area contributed by atoms with Crippen LogP contribution in [0.1, 0.15) is 37.2 Å². The molecule has 1 heterocycles. The summed E-state index contributed by atoms with van der Waals surface area (Å²) in [6.07, 6.45) is 4.38. The van der Waals surface area contributed by atoms with Gasteiger partial charge in [0.1, 0.15) is 0 Å².